The summed E-state index contributed by atoms with van der Waals surface area (Å²) in [5, 5.41) is 28.0. The molecule has 7 nitrogen and oxygen atoms in total. The van der Waals surface area contributed by atoms with Gasteiger partial charge in [0.2, 0.25) is 0 Å². The summed E-state index contributed by atoms with van der Waals surface area (Å²) in [5.41, 5.74) is 0.379. The number of aliphatic carboxylic acids is 1. The molecule has 1 aromatic carbocycles. The molecular weight excluding hydrogens is 268 g/mol. The van der Waals surface area contributed by atoms with Crippen LogP contribution in [-0.2, 0) is 14.3 Å². The predicted octanol–water partition coefficient (Wildman–Crippen LogP) is 0.107. The largest absolute Gasteiger partial charge is 0.482 e. The van der Waals surface area contributed by atoms with E-state index in [9.17, 15) is 19.8 Å². The molecule has 1 aromatic rings. The van der Waals surface area contributed by atoms with Gasteiger partial charge in [-0.25, -0.2) is 4.79 Å². The predicted molar refractivity (Wildman–Crippen MR) is 67.2 cm³/mol. The molecule has 0 spiro atoms. The Balaban J connectivity index is 2.62. The van der Waals surface area contributed by atoms with Crippen LogP contribution in [-0.4, -0.2) is 47.1 Å². The quantitative estimate of drug-likeness (QED) is 0.609. The molecule has 0 aliphatic heterocycles. The summed E-state index contributed by atoms with van der Waals surface area (Å²) in [5.74, 6) is -1.40. The van der Waals surface area contributed by atoms with Gasteiger partial charge in [0.15, 0.2) is 6.61 Å². The number of methoxy groups -OCH3 is 1. The van der Waals surface area contributed by atoms with Crippen molar-refractivity contribution in [3.63, 3.8) is 0 Å². The molecule has 0 bridgehead atoms. The molecule has 7 heteroatoms. The van der Waals surface area contributed by atoms with E-state index in [2.05, 4.69) is 4.74 Å². The Bertz CT molecular complexity index is 454. The molecule has 110 valence electrons. The van der Waals surface area contributed by atoms with Crippen LogP contribution in [0.25, 0.3) is 0 Å². The molecule has 0 aromatic heterocycles. The number of ether oxygens (including phenoxy) is 2. The maximum Gasteiger partial charge on any atom is 0.341 e. The normalized spacial score (nSPS) is 13.3. The number of rotatable bonds is 7. The number of carbonyl (C=O) groups excluding carboxylic acids is 1. The lowest BCUT2D eigenvalue weighted by Crippen LogP contribution is -2.22. The Hall–Kier alpha value is -2.12. The smallest absolute Gasteiger partial charge is 0.341 e. The highest BCUT2D eigenvalue weighted by Gasteiger charge is 2.21. The first-order valence-corrected chi connectivity index (χ1v) is 5.81. The third-order valence-corrected chi connectivity index (χ3v) is 2.55. The zero-order chi connectivity index (χ0) is 15.1. The minimum Gasteiger partial charge on any atom is -0.482 e. The van der Waals surface area contributed by atoms with Crippen LogP contribution < -0.4 is 4.74 Å². The molecule has 0 aliphatic rings. The van der Waals surface area contributed by atoms with Crippen molar-refractivity contribution < 1.29 is 34.4 Å². The summed E-state index contributed by atoms with van der Waals surface area (Å²) in [6.07, 6.45) is -2.86. The topological polar surface area (TPSA) is 113 Å². The molecule has 0 aliphatic carbocycles. The number of aliphatic hydroxyl groups is 2. The van der Waals surface area contributed by atoms with E-state index in [1.807, 2.05) is 0 Å². The second-order valence-corrected chi connectivity index (χ2v) is 4.04. The van der Waals surface area contributed by atoms with Gasteiger partial charge in [0.05, 0.1) is 19.6 Å². The first kappa shape index (κ1) is 15.9. The fourth-order valence-corrected chi connectivity index (χ4v) is 1.49. The monoisotopic (exact) mass is 284 g/mol. The lowest BCUT2D eigenvalue weighted by molar-refractivity contribution is -0.144. The van der Waals surface area contributed by atoms with Gasteiger partial charge < -0.3 is 24.8 Å². The highest BCUT2D eigenvalue weighted by atomic mass is 16.5. The zero-order valence-corrected chi connectivity index (χ0v) is 10.9. The zero-order valence-electron chi connectivity index (χ0n) is 10.9. The van der Waals surface area contributed by atoms with Crippen molar-refractivity contribution in [2.24, 2.45) is 0 Å². The van der Waals surface area contributed by atoms with Crippen molar-refractivity contribution >= 4 is 11.9 Å². The Morgan fingerprint density at radius 1 is 1.20 bits per heavy atom. The summed E-state index contributed by atoms with van der Waals surface area (Å²) in [7, 11) is 1.19. The third-order valence-electron chi connectivity index (χ3n) is 2.55. The Morgan fingerprint density at radius 3 is 2.30 bits per heavy atom. The Morgan fingerprint density at radius 2 is 1.80 bits per heavy atom. The van der Waals surface area contributed by atoms with Crippen LogP contribution in [0.15, 0.2) is 24.3 Å². The standard InChI is InChI=1S/C13H16O7/c1-19-12(17)6-10(14)13(18)8-2-4-9(5-3-8)20-7-11(15)16/h2-5,10,13-14,18H,6-7H2,1H3,(H,15,16). The third kappa shape index (κ3) is 4.87. The number of benzene rings is 1. The fraction of sp³-hybridized carbons (Fsp3) is 0.385. The molecule has 0 amide bonds. The molecular formula is C13H16O7. The highest BCUT2D eigenvalue weighted by Crippen LogP contribution is 2.22. The van der Waals surface area contributed by atoms with E-state index >= 15 is 0 Å². The van der Waals surface area contributed by atoms with Crippen LogP contribution in [0, 0.1) is 0 Å². The summed E-state index contributed by atoms with van der Waals surface area (Å²) in [6, 6.07) is 5.88. The number of carboxylic acids is 1. The molecule has 0 fully saturated rings. The number of carbonyl (C=O) groups is 2. The SMILES string of the molecule is COC(=O)CC(O)C(O)c1ccc(OCC(=O)O)cc1. The summed E-state index contributed by atoms with van der Waals surface area (Å²) in [6.45, 7) is -0.465. The second-order valence-electron chi connectivity index (χ2n) is 4.04. The van der Waals surface area contributed by atoms with Crippen molar-refractivity contribution in [1.29, 1.82) is 0 Å². The molecule has 0 heterocycles. The van der Waals surface area contributed by atoms with E-state index in [0.717, 1.165) is 0 Å². The Kier molecular flexibility index (Phi) is 5.95. The summed E-state index contributed by atoms with van der Waals surface area (Å²) < 4.78 is 9.32. The first-order chi connectivity index (χ1) is 9.43. The lowest BCUT2D eigenvalue weighted by atomic mass is 10.0. The van der Waals surface area contributed by atoms with Crippen LogP contribution in [0.2, 0.25) is 0 Å². The van der Waals surface area contributed by atoms with Crippen LogP contribution in [0.4, 0.5) is 0 Å². The van der Waals surface area contributed by atoms with Crippen molar-refractivity contribution in [2.75, 3.05) is 13.7 Å². The van der Waals surface area contributed by atoms with E-state index in [1.165, 1.54) is 31.4 Å². The van der Waals surface area contributed by atoms with Gasteiger partial charge in [0, 0.05) is 0 Å². The minimum absolute atomic E-state index is 0.324. The number of hydrogen-bond acceptors (Lipinski definition) is 6. The first-order valence-electron chi connectivity index (χ1n) is 5.81. The van der Waals surface area contributed by atoms with Crippen molar-refractivity contribution in [1.82, 2.24) is 0 Å². The van der Waals surface area contributed by atoms with Gasteiger partial charge in [0.1, 0.15) is 11.9 Å². The van der Waals surface area contributed by atoms with Crippen molar-refractivity contribution in [2.45, 2.75) is 18.6 Å². The number of hydrogen-bond donors (Lipinski definition) is 3. The average molecular weight is 284 g/mol. The van der Waals surface area contributed by atoms with Crippen LogP contribution >= 0.6 is 0 Å². The molecule has 2 atom stereocenters. The summed E-state index contributed by atoms with van der Waals surface area (Å²) >= 11 is 0. The highest BCUT2D eigenvalue weighted by molar-refractivity contribution is 5.70. The van der Waals surface area contributed by atoms with E-state index in [4.69, 9.17) is 9.84 Å². The van der Waals surface area contributed by atoms with E-state index in [-0.39, 0.29) is 6.42 Å². The molecule has 0 saturated heterocycles. The Labute approximate surface area is 115 Å². The van der Waals surface area contributed by atoms with Gasteiger partial charge in [0.25, 0.3) is 0 Å². The lowest BCUT2D eigenvalue weighted by Gasteiger charge is -2.17. The van der Waals surface area contributed by atoms with E-state index in [0.29, 0.717) is 11.3 Å². The maximum atomic E-state index is 11.0. The number of esters is 1. The molecule has 3 N–H and O–H groups in total. The number of aliphatic hydroxyl groups excluding tert-OH is 2. The van der Waals surface area contributed by atoms with Gasteiger partial charge in [-0.05, 0) is 17.7 Å². The van der Waals surface area contributed by atoms with Crippen molar-refractivity contribution in [3.05, 3.63) is 29.8 Å². The molecule has 0 saturated carbocycles. The van der Waals surface area contributed by atoms with Crippen LogP contribution in [0.3, 0.4) is 0 Å². The average Bonchev–Trinajstić information content (AvgIpc) is 2.44. The summed E-state index contributed by atoms with van der Waals surface area (Å²) in [4.78, 5) is 21.3. The maximum absolute atomic E-state index is 11.0. The second kappa shape index (κ2) is 7.46. The molecule has 1 rings (SSSR count). The molecule has 20 heavy (non-hydrogen) atoms. The van der Waals surface area contributed by atoms with E-state index < -0.39 is 30.8 Å². The van der Waals surface area contributed by atoms with Crippen LogP contribution in [0.5, 0.6) is 5.75 Å². The minimum atomic E-state index is -1.28. The van der Waals surface area contributed by atoms with Gasteiger partial charge in [-0.3, -0.25) is 4.79 Å². The van der Waals surface area contributed by atoms with Crippen LogP contribution in [0.1, 0.15) is 18.1 Å². The van der Waals surface area contributed by atoms with Gasteiger partial charge >= 0.3 is 11.9 Å². The van der Waals surface area contributed by atoms with E-state index in [1.54, 1.807) is 0 Å². The van der Waals surface area contributed by atoms with Gasteiger partial charge in [-0.15, -0.1) is 0 Å². The van der Waals surface area contributed by atoms with Crippen molar-refractivity contribution in [3.8, 4) is 5.75 Å². The number of carboxylic acid groups (broad SMARTS) is 1. The van der Waals surface area contributed by atoms with Gasteiger partial charge in [-0.1, -0.05) is 12.1 Å². The fourth-order valence-electron chi connectivity index (χ4n) is 1.49. The van der Waals surface area contributed by atoms with Gasteiger partial charge in [-0.2, -0.15) is 0 Å². The molecule has 2 unspecified atom stereocenters. The molecule has 0 radical (unpaired) electrons.